The predicted molar refractivity (Wildman–Crippen MR) is 78.8 cm³/mol. The summed E-state index contributed by atoms with van der Waals surface area (Å²) in [6, 6.07) is 3.02. The summed E-state index contributed by atoms with van der Waals surface area (Å²) >= 11 is 0. The molecule has 1 aliphatic heterocycles. The summed E-state index contributed by atoms with van der Waals surface area (Å²) in [5.74, 6) is -0.176. The lowest BCUT2D eigenvalue weighted by Gasteiger charge is -2.37. The van der Waals surface area contributed by atoms with Gasteiger partial charge in [-0.3, -0.25) is 0 Å². The Kier molecular flexibility index (Phi) is 4.38. The van der Waals surface area contributed by atoms with Crippen LogP contribution in [0.4, 0.5) is 15.8 Å². The van der Waals surface area contributed by atoms with E-state index in [1.165, 1.54) is 6.07 Å². The highest BCUT2D eigenvalue weighted by Gasteiger charge is 2.25. The fourth-order valence-corrected chi connectivity index (χ4v) is 2.55. The first-order chi connectivity index (χ1) is 9.36. The Morgan fingerprint density at radius 1 is 1.30 bits per heavy atom. The number of hydrogen-bond donors (Lipinski definition) is 1. The molecule has 2 rings (SSSR count). The van der Waals surface area contributed by atoms with Crippen LogP contribution in [-0.2, 0) is 4.74 Å². The molecule has 20 heavy (non-hydrogen) atoms. The lowest BCUT2D eigenvalue weighted by molar-refractivity contribution is -0.00519. The Morgan fingerprint density at radius 3 is 2.45 bits per heavy atom. The van der Waals surface area contributed by atoms with Gasteiger partial charge >= 0.3 is 0 Å². The third-order valence-corrected chi connectivity index (χ3v) is 3.20. The Morgan fingerprint density at radius 2 is 1.90 bits per heavy atom. The van der Waals surface area contributed by atoms with Crippen molar-refractivity contribution < 1.29 is 13.9 Å². The van der Waals surface area contributed by atoms with Crippen molar-refractivity contribution in [2.24, 2.45) is 0 Å². The zero-order valence-corrected chi connectivity index (χ0v) is 12.5. The molecule has 112 valence electrons. The summed E-state index contributed by atoms with van der Waals surface area (Å²) < 4.78 is 25.1. The van der Waals surface area contributed by atoms with E-state index in [4.69, 9.17) is 15.2 Å². The minimum Gasteiger partial charge on any atom is -0.488 e. The number of ether oxygens (including phenoxy) is 2. The molecular formula is C15H23FN2O2. The topological polar surface area (TPSA) is 47.7 Å². The number of morpholine rings is 1. The molecule has 2 N–H and O–H groups in total. The van der Waals surface area contributed by atoms with E-state index in [9.17, 15) is 4.39 Å². The summed E-state index contributed by atoms with van der Waals surface area (Å²) in [4.78, 5) is 2.13. The molecule has 1 aromatic rings. The largest absolute Gasteiger partial charge is 0.488 e. The minimum absolute atomic E-state index is 0.0801. The lowest BCUT2D eigenvalue weighted by Crippen LogP contribution is -2.45. The molecule has 2 atom stereocenters. The van der Waals surface area contributed by atoms with Gasteiger partial charge in [0.15, 0.2) is 11.6 Å². The molecule has 2 unspecified atom stereocenters. The van der Waals surface area contributed by atoms with Gasteiger partial charge in [0.05, 0.1) is 29.7 Å². The molecule has 1 fully saturated rings. The molecule has 0 radical (unpaired) electrons. The first kappa shape index (κ1) is 14.9. The molecule has 0 spiro atoms. The van der Waals surface area contributed by atoms with E-state index in [2.05, 4.69) is 4.90 Å². The molecule has 0 aromatic heterocycles. The fourth-order valence-electron chi connectivity index (χ4n) is 2.55. The molecule has 1 saturated heterocycles. The third kappa shape index (κ3) is 3.33. The average Bonchev–Trinajstić information content (AvgIpc) is 2.30. The second-order valence-electron chi connectivity index (χ2n) is 5.67. The van der Waals surface area contributed by atoms with E-state index in [1.54, 1.807) is 6.07 Å². The summed E-state index contributed by atoms with van der Waals surface area (Å²) in [6.07, 6.45) is 0.166. The molecule has 1 aromatic carbocycles. The van der Waals surface area contributed by atoms with Crippen LogP contribution in [-0.4, -0.2) is 31.4 Å². The highest BCUT2D eigenvalue weighted by molar-refractivity contribution is 5.70. The third-order valence-electron chi connectivity index (χ3n) is 3.20. The molecular weight excluding hydrogens is 259 g/mol. The maximum atomic E-state index is 13.9. The first-order valence-corrected chi connectivity index (χ1v) is 7.03. The van der Waals surface area contributed by atoms with Crippen LogP contribution >= 0.6 is 0 Å². The summed E-state index contributed by atoms with van der Waals surface area (Å²) in [5.41, 5.74) is 7.20. The van der Waals surface area contributed by atoms with E-state index in [0.717, 1.165) is 18.8 Å². The normalized spacial score (nSPS) is 23.2. The summed E-state index contributed by atoms with van der Waals surface area (Å²) in [5, 5.41) is 0. The fraction of sp³-hybridized carbons (Fsp3) is 0.600. The van der Waals surface area contributed by atoms with Crippen molar-refractivity contribution in [3.8, 4) is 5.75 Å². The van der Waals surface area contributed by atoms with Gasteiger partial charge in [-0.1, -0.05) is 0 Å². The number of rotatable bonds is 3. The van der Waals surface area contributed by atoms with Gasteiger partial charge in [0.25, 0.3) is 0 Å². The van der Waals surface area contributed by atoms with E-state index >= 15 is 0 Å². The average molecular weight is 282 g/mol. The van der Waals surface area contributed by atoms with Crippen molar-refractivity contribution in [3.63, 3.8) is 0 Å². The maximum absolute atomic E-state index is 13.9. The number of hydrogen-bond acceptors (Lipinski definition) is 4. The van der Waals surface area contributed by atoms with Crippen LogP contribution in [0.5, 0.6) is 5.75 Å². The minimum atomic E-state index is -0.422. The van der Waals surface area contributed by atoms with Crippen LogP contribution in [0, 0.1) is 5.82 Å². The van der Waals surface area contributed by atoms with Crippen LogP contribution in [0.15, 0.2) is 12.1 Å². The van der Waals surface area contributed by atoms with Crippen molar-refractivity contribution in [1.29, 1.82) is 0 Å². The van der Waals surface area contributed by atoms with Crippen molar-refractivity contribution in [1.82, 2.24) is 0 Å². The van der Waals surface area contributed by atoms with E-state index in [0.29, 0.717) is 5.69 Å². The Labute approximate surface area is 119 Å². The van der Waals surface area contributed by atoms with Crippen LogP contribution in [0.25, 0.3) is 0 Å². The van der Waals surface area contributed by atoms with Crippen molar-refractivity contribution in [2.45, 2.75) is 46.0 Å². The van der Waals surface area contributed by atoms with E-state index < -0.39 is 5.82 Å². The number of nitrogens with zero attached hydrogens (tertiary/aromatic N) is 1. The molecule has 0 bridgehead atoms. The molecule has 0 amide bonds. The van der Waals surface area contributed by atoms with Crippen LogP contribution in [0.2, 0.25) is 0 Å². The summed E-state index contributed by atoms with van der Waals surface area (Å²) in [7, 11) is 0. The molecule has 0 saturated carbocycles. The highest BCUT2D eigenvalue weighted by Crippen LogP contribution is 2.33. The Balaban J connectivity index is 2.30. The molecule has 0 aliphatic carbocycles. The molecule has 5 heteroatoms. The highest BCUT2D eigenvalue weighted by atomic mass is 19.1. The second kappa shape index (κ2) is 5.87. The second-order valence-corrected chi connectivity index (χ2v) is 5.67. The predicted octanol–water partition coefficient (Wildman–Crippen LogP) is 2.81. The van der Waals surface area contributed by atoms with E-state index in [-0.39, 0.29) is 24.1 Å². The van der Waals surface area contributed by atoms with Crippen molar-refractivity contribution in [2.75, 3.05) is 23.7 Å². The Hall–Kier alpha value is -1.49. The number of nitrogens with two attached hydrogens (primary N) is 1. The number of nitrogen functional groups attached to an aromatic ring is 1. The van der Waals surface area contributed by atoms with Gasteiger partial charge in [0.2, 0.25) is 0 Å². The zero-order valence-electron chi connectivity index (χ0n) is 12.5. The number of halogens is 1. The van der Waals surface area contributed by atoms with Gasteiger partial charge < -0.3 is 20.1 Å². The lowest BCUT2D eigenvalue weighted by atomic mass is 10.1. The number of anilines is 2. The molecule has 1 heterocycles. The van der Waals surface area contributed by atoms with Crippen LogP contribution in [0.1, 0.15) is 27.7 Å². The SMILES string of the molecule is CC(C)Oc1cc(N2CC(C)OC(C)C2)c(N)cc1F. The standard InChI is InChI=1S/C15H23FN2O2/c1-9(2)19-15-6-14(13(17)5-12(15)16)18-7-10(3)20-11(4)8-18/h5-6,9-11H,7-8,17H2,1-4H3. The summed E-state index contributed by atoms with van der Waals surface area (Å²) in [6.45, 7) is 9.26. The molecule has 4 nitrogen and oxygen atoms in total. The van der Waals surface area contributed by atoms with Gasteiger partial charge in [0.1, 0.15) is 0 Å². The van der Waals surface area contributed by atoms with Gasteiger partial charge in [-0.05, 0) is 27.7 Å². The smallest absolute Gasteiger partial charge is 0.167 e. The zero-order chi connectivity index (χ0) is 14.9. The van der Waals surface area contributed by atoms with Crippen molar-refractivity contribution in [3.05, 3.63) is 17.9 Å². The van der Waals surface area contributed by atoms with Crippen molar-refractivity contribution >= 4 is 11.4 Å². The Bertz CT molecular complexity index is 469. The van der Waals surface area contributed by atoms with Gasteiger partial charge in [0, 0.05) is 25.2 Å². The van der Waals surface area contributed by atoms with Crippen LogP contribution in [0.3, 0.4) is 0 Å². The van der Waals surface area contributed by atoms with Gasteiger partial charge in [-0.25, -0.2) is 4.39 Å². The number of benzene rings is 1. The van der Waals surface area contributed by atoms with Gasteiger partial charge in [-0.15, -0.1) is 0 Å². The van der Waals surface area contributed by atoms with Gasteiger partial charge in [-0.2, -0.15) is 0 Å². The van der Waals surface area contributed by atoms with Crippen LogP contribution < -0.4 is 15.4 Å². The quantitative estimate of drug-likeness (QED) is 0.866. The maximum Gasteiger partial charge on any atom is 0.167 e. The molecule has 1 aliphatic rings. The first-order valence-electron chi connectivity index (χ1n) is 7.03. The monoisotopic (exact) mass is 282 g/mol. The van der Waals surface area contributed by atoms with E-state index in [1.807, 2.05) is 27.7 Å².